The van der Waals surface area contributed by atoms with Crippen LogP contribution in [0.1, 0.15) is 39.5 Å². The maximum Gasteiger partial charge on any atom is 0.0285 e. The first-order chi connectivity index (χ1) is 8.15. The van der Waals surface area contributed by atoms with Crippen LogP contribution in [0.4, 0.5) is 0 Å². The van der Waals surface area contributed by atoms with Gasteiger partial charge in [0.05, 0.1) is 0 Å². The van der Waals surface area contributed by atoms with Gasteiger partial charge in [0.2, 0.25) is 0 Å². The van der Waals surface area contributed by atoms with Gasteiger partial charge >= 0.3 is 0 Å². The van der Waals surface area contributed by atoms with Gasteiger partial charge in [0.1, 0.15) is 0 Å². The molecule has 2 fully saturated rings. The van der Waals surface area contributed by atoms with Crippen molar-refractivity contribution in [2.75, 3.05) is 32.4 Å². The van der Waals surface area contributed by atoms with Crippen molar-refractivity contribution in [3.05, 3.63) is 0 Å². The highest BCUT2D eigenvalue weighted by atomic mass is 32.2. The molecule has 0 radical (unpaired) electrons. The van der Waals surface area contributed by atoms with Crippen molar-refractivity contribution in [2.45, 2.75) is 50.3 Å². The lowest BCUT2D eigenvalue weighted by Crippen LogP contribution is -2.43. The van der Waals surface area contributed by atoms with Gasteiger partial charge in [0.15, 0.2) is 0 Å². The van der Waals surface area contributed by atoms with E-state index in [1.54, 1.807) is 0 Å². The van der Waals surface area contributed by atoms with Crippen LogP contribution >= 0.6 is 11.8 Å². The zero-order valence-electron chi connectivity index (χ0n) is 11.7. The minimum atomic E-state index is 0.622. The van der Waals surface area contributed by atoms with E-state index in [0.29, 0.717) is 10.8 Å². The van der Waals surface area contributed by atoms with E-state index in [1.165, 1.54) is 51.9 Å². The summed E-state index contributed by atoms with van der Waals surface area (Å²) in [5, 5.41) is 3.47. The van der Waals surface area contributed by atoms with E-state index in [0.717, 1.165) is 5.92 Å². The Balaban J connectivity index is 1.83. The molecular formula is C14H28N2S. The smallest absolute Gasteiger partial charge is 0.0285 e. The number of hydrogen-bond donors (Lipinski definition) is 1. The van der Waals surface area contributed by atoms with Gasteiger partial charge in [-0.25, -0.2) is 0 Å². The number of piperidine rings is 1. The molecule has 2 aliphatic rings. The van der Waals surface area contributed by atoms with Crippen molar-refractivity contribution in [2.24, 2.45) is 5.92 Å². The molecule has 0 spiro atoms. The highest BCUT2D eigenvalue weighted by Crippen LogP contribution is 2.48. The lowest BCUT2D eigenvalue weighted by molar-refractivity contribution is 0.167. The molecule has 0 amide bonds. The van der Waals surface area contributed by atoms with E-state index in [1.807, 2.05) is 0 Å². The SMILES string of the molecule is CSC1(CN(CC2CCNCC2)C(C)C)CC1. The fourth-order valence-corrected chi connectivity index (χ4v) is 3.60. The third-order valence-corrected chi connectivity index (χ3v) is 5.82. The first kappa shape index (κ1) is 13.7. The molecule has 0 atom stereocenters. The molecular weight excluding hydrogens is 228 g/mol. The maximum atomic E-state index is 3.47. The molecule has 2 rings (SSSR count). The van der Waals surface area contributed by atoms with Crippen LogP contribution in [0.2, 0.25) is 0 Å². The number of thioether (sulfide) groups is 1. The molecule has 0 aromatic heterocycles. The second kappa shape index (κ2) is 5.94. The molecule has 1 aliphatic heterocycles. The van der Waals surface area contributed by atoms with Gasteiger partial charge in [-0.05, 0) is 64.8 Å². The Labute approximate surface area is 111 Å². The summed E-state index contributed by atoms with van der Waals surface area (Å²) < 4.78 is 0.622. The van der Waals surface area contributed by atoms with Gasteiger partial charge in [-0.1, -0.05) is 0 Å². The molecule has 1 aliphatic carbocycles. The second-order valence-corrected chi connectivity index (χ2v) is 7.38. The van der Waals surface area contributed by atoms with Crippen LogP contribution in [0.15, 0.2) is 0 Å². The van der Waals surface area contributed by atoms with Crippen molar-refractivity contribution in [1.82, 2.24) is 10.2 Å². The lowest BCUT2D eigenvalue weighted by atomic mass is 9.97. The summed E-state index contributed by atoms with van der Waals surface area (Å²) in [5.41, 5.74) is 0. The van der Waals surface area contributed by atoms with E-state index in [2.05, 4.69) is 42.1 Å². The molecule has 2 nitrogen and oxygen atoms in total. The Morgan fingerprint density at radius 1 is 1.29 bits per heavy atom. The molecule has 0 bridgehead atoms. The highest BCUT2D eigenvalue weighted by Gasteiger charge is 2.43. The minimum Gasteiger partial charge on any atom is -0.317 e. The summed E-state index contributed by atoms with van der Waals surface area (Å²) in [6.07, 6.45) is 7.90. The Morgan fingerprint density at radius 2 is 1.94 bits per heavy atom. The van der Waals surface area contributed by atoms with Crippen molar-refractivity contribution in [1.29, 1.82) is 0 Å². The zero-order chi connectivity index (χ0) is 12.3. The van der Waals surface area contributed by atoms with E-state index < -0.39 is 0 Å². The number of hydrogen-bond acceptors (Lipinski definition) is 3. The molecule has 1 saturated heterocycles. The van der Waals surface area contributed by atoms with Gasteiger partial charge < -0.3 is 5.32 Å². The minimum absolute atomic E-state index is 0.622. The zero-order valence-corrected chi connectivity index (χ0v) is 12.5. The summed E-state index contributed by atoms with van der Waals surface area (Å²) in [4.78, 5) is 2.74. The Morgan fingerprint density at radius 3 is 2.41 bits per heavy atom. The molecule has 0 aromatic carbocycles. The summed E-state index contributed by atoms with van der Waals surface area (Å²) >= 11 is 2.09. The molecule has 0 unspecified atom stereocenters. The van der Waals surface area contributed by atoms with Crippen LogP contribution in [-0.4, -0.2) is 48.1 Å². The van der Waals surface area contributed by atoms with Gasteiger partial charge in [0, 0.05) is 23.9 Å². The van der Waals surface area contributed by atoms with Crippen molar-refractivity contribution >= 4 is 11.8 Å². The third kappa shape index (κ3) is 3.87. The highest BCUT2D eigenvalue weighted by molar-refractivity contribution is 8.00. The van der Waals surface area contributed by atoms with E-state index >= 15 is 0 Å². The number of nitrogens with one attached hydrogen (secondary N) is 1. The van der Waals surface area contributed by atoms with Crippen LogP contribution in [-0.2, 0) is 0 Å². The Hall–Kier alpha value is 0.270. The van der Waals surface area contributed by atoms with Crippen molar-refractivity contribution in [3.63, 3.8) is 0 Å². The van der Waals surface area contributed by atoms with Gasteiger partial charge in [-0.15, -0.1) is 0 Å². The average Bonchev–Trinajstić information content (AvgIpc) is 3.10. The summed E-state index contributed by atoms with van der Waals surface area (Å²) in [6.45, 7) is 9.81. The quantitative estimate of drug-likeness (QED) is 0.786. The normalized spacial score (nSPS) is 24.5. The third-order valence-electron chi connectivity index (χ3n) is 4.41. The summed E-state index contributed by atoms with van der Waals surface area (Å²) in [7, 11) is 0. The molecule has 1 saturated carbocycles. The van der Waals surface area contributed by atoms with Crippen LogP contribution in [0, 0.1) is 5.92 Å². The van der Waals surface area contributed by atoms with Crippen molar-refractivity contribution in [3.8, 4) is 0 Å². The monoisotopic (exact) mass is 256 g/mol. The molecule has 0 aromatic rings. The van der Waals surface area contributed by atoms with E-state index in [-0.39, 0.29) is 0 Å². The predicted octanol–water partition coefficient (Wildman–Crippen LogP) is 2.59. The lowest BCUT2D eigenvalue weighted by Gasteiger charge is -2.35. The van der Waals surface area contributed by atoms with Crippen LogP contribution in [0.25, 0.3) is 0 Å². The standard InChI is InChI=1S/C14H28N2S/c1-12(2)16(11-14(17-3)6-7-14)10-13-4-8-15-9-5-13/h12-13,15H,4-11H2,1-3H3. The topological polar surface area (TPSA) is 15.3 Å². The molecule has 3 heteroatoms. The van der Waals surface area contributed by atoms with Crippen LogP contribution < -0.4 is 5.32 Å². The first-order valence-corrected chi connectivity index (χ1v) is 8.37. The van der Waals surface area contributed by atoms with E-state index in [4.69, 9.17) is 0 Å². The van der Waals surface area contributed by atoms with Gasteiger partial charge in [-0.2, -0.15) is 11.8 Å². The fourth-order valence-electron chi connectivity index (χ4n) is 2.79. The second-order valence-electron chi connectivity index (χ2n) is 6.10. The predicted molar refractivity (Wildman–Crippen MR) is 77.8 cm³/mol. The Bertz CT molecular complexity index is 232. The largest absolute Gasteiger partial charge is 0.317 e. The van der Waals surface area contributed by atoms with E-state index in [9.17, 15) is 0 Å². The van der Waals surface area contributed by atoms with Gasteiger partial charge in [-0.3, -0.25) is 4.90 Å². The molecule has 1 heterocycles. The first-order valence-electron chi connectivity index (χ1n) is 7.15. The Kier molecular flexibility index (Phi) is 4.79. The molecule has 1 N–H and O–H groups in total. The van der Waals surface area contributed by atoms with Crippen molar-refractivity contribution < 1.29 is 0 Å². The molecule has 17 heavy (non-hydrogen) atoms. The average molecular weight is 256 g/mol. The molecule has 100 valence electrons. The number of rotatable bonds is 6. The number of nitrogens with zero attached hydrogens (tertiary/aromatic N) is 1. The summed E-state index contributed by atoms with van der Waals surface area (Å²) in [6, 6.07) is 0.703. The summed E-state index contributed by atoms with van der Waals surface area (Å²) in [5.74, 6) is 0.927. The van der Waals surface area contributed by atoms with Gasteiger partial charge in [0.25, 0.3) is 0 Å². The maximum absolute atomic E-state index is 3.47. The van der Waals surface area contributed by atoms with Crippen LogP contribution in [0.3, 0.4) is 0 Å². The fraction of sp³-hybridized carbons (Fsp3) is 1.00. The van der Waals surface area contributed by atoms with Crippen LogP contribution in [0.5, 0.6) is 0 Å².